The van der Waals surface area contributed by atoms with Crippen molar-refractivity contribution in [2.75, 3.05) is 19.3 Å². The number of hydrogen-bond acceptors (Lipinski definition) is 7. The van der Waals surface area contributed by atoms with Crippen molar-refractivity contribution in [2.24, 2.45) is 0 Å². The number of carbonyl (C=O) groups is 2. The number of likely N-dealkylation sites (N-methyl/N-ethyl adjacent to an activating group) is 1. The minimum absolute atomic E-state index is 0.0897. The fourth-order valence-electron chi connectivity index (χ4n) is 3.52. The predicted octanol–water partition coefficient (Wildman–Crippen LogP) is 2.04. The summed E-state index contributed by atoms with van der Waals surface area (Å²) >= 11 is 0. The number of aryl methyl sites for hydroxylation is 1. The van der Waals surface area contributed by atoms with Gasteiger partial charge in [-0.25, -0.2) is 9.78 Å². The van der Waals surface area contributed by atoms with Gasteiger partial charge in [0.1, 0.15) is 5.69 Å². The molecule has 1 aromatic carbocycles. The molecule has 1 amide bonds. The molecule has 3 aromatic rings. The number of carboxylic acid groups (broad SMARTS) is 1. The van der Waals surface area contributed by atoms with Gasteiger partial charge in [0.15, 0.2) is 11.5 Å². The lowest BCUT2D eigenvalue weighted by molar-refractivity contribution is -0.144. The van der Waals surface area contributed by atoms with E-state index >= 15 is 0 Å². The Morgan fingerprint density at radius 1 is 1.23 bits per heavy atom. The summed E-state index contributed by atoms with van der Waals surface area (Å²) in [5, 5.41) is 24.1. The molecule has 3 heterocycles. The smallest absolute Gasteiger partial charge is 0.356 e. The molecule has 1 unspecified atom stereocenters. The number of nitrogens with two attached hydrogens (primary N) is 1. The van der Waals surface area contributed by atoms with Gasteiger partial charge in [0, 0.05) is 37.2 Å². The second-order valence-electron chi connectivity index (χ2n) is 7.39. The third-order valence-electron chi connectivity index (χ3n) is 5.35. The summed E-state index contributed by atoms with van der Waals surface area (Å²) in [6, 6.07) is 10.4. The van der Waals surface area contributed by atoms with Gasteiger partial charge in [-0.05, 0) is 24.6 Å². The van der Waals surface area contributed by atoms with E-state index in [0.29, 0.717) is 34.6 Å². The first kappa shape index (κ1) is 19.6. The van der Waals surface area contributed by atoms with E-state index in [9.17, 15) is 19.8 Å². The average Bonchev–Trinajstić information content (AvgIpc) is 3.32. The van der Waals surface area contributed by atoms with Crippen molar-refractivity contribution in [3.8, 4) is 22.5 Å². The van der Waals surface area contributed by atoms with E-state index in [1.807, 2.05) is 0 Å². The van der Waals surface area contributed by atoms with E-state index in [1.165, 1.54) is 4.90 Å². The van der Waals surface area contributed by atoms with E-state index < -0.39 is 17.5 Å². The van der Waals surface area contributed by atoms with Gasteiger partial charge in [0.25, 0.3) is 5.91 Å². The van der Waals surface area contributed by atoms with Crippen molar-refractivity contribution >= 4 is 17.6 Å². The van der Waals surface area contributed by atoms with E-state index in [-0.39, 0.29) is 23.6 Å². The Labute approximate surface area is 171 Å². The zero-order valence-electron chi connectivity index (χ0n) is 16.4. The number of aromatic carboxylic acids is 1. The van der Waals surface area contributed by atoms with Crippen molar-refractivity contribution in [3.63, 3.8) is 0 Å². The minimum atomic E-state index is -1.72. The first-order valence-corrected chi connectivity index (χ1v) is 9.27. The number of likely N-dealkylation sites (tertiary alicyclic amines) is 1. The number of aliphatic hydroxyl groups is 1. The second-order valence-corrected chi connectivity index (χ2v) is 7.39. The van der Waals surface area contributed by atoms with Crippen molar-refractivity contribution in [2.45, 2.75) is 18.9 Å². The number of benzene rings is 1. The summed E-state index contributed by atoms with van der Waals surface area (Å²) in [4.78, 5) is 29.3. The van der Waals surface area contributed by atoms with Crippen molar-refractivity contribution in [1.82, 2.24) is 15.0 Å². The zero-order valence-corrected chi connectivity index (χ0v) is 16.4. The number of carbonyl (C=O) groups excluding carboxylic acids is 1. The van der Waals surface area contributed by atoms with Crippen LogP contribution in [0.15, 0.2) is 40.9 Å². The van der Waals surface area contributed by atoms with Crippen LogP contribution in [0, 0.1) is 6.92 Å². The van der Waals surface area contributed by atoms with Gasteiger partial charge in [-0.15, -0.1) is 0 Å². The van der Waals surface area contributed by atoms with Crippen LogP contribution in [0.3, 0.4) is 0 Å². The normalized spacial score (nSPS) is 18.8. The van der Waals surface area contributed by atoms with Crippen molar-refractivity contribution in [3.05, 3.63) is 53.4 Å². The molecule has 1 fully saturated rings. The zero-order chi connectivity index (χ0) is 21.6. The molecule has 0 radical (unpaired) electrons. The number of rotatable bonds is 4. The number of carboxylic acids is 1. The van der Waals surface area contributed by atoms with Crippen LogP contribution in [0.4, 0.5) is 5.69 Å². The van der Waals surface area contributed by atoms with Gasteiger partial charge in [-0.2, -0.15) is 0 Å². The molecule has 1 aliphatic heterocycles. The molecular formula is C21H20N4O5. The molecule has 1 saturated heterocycles. The van der Waals surface area contributed by atoms with Crippen LogP contribution in [0.1, 0.15) is 28.2 Å². The number of hydrogen-bond donors (Lipinski definition) is 3. The molecule has 0 aliphatic carbocycles. The Morgan fingerprint density at radius 2 is 1.93 bits per heavy atom. The molecule has 0 spiro atoms. The minimum Gasteiger partial charge on any atom is -0.476 e. The standard InChI is InChI=1S/C21H20N4O5/c1-11-8-14(23-18(17(11)22)19(26)27)12-4-3-5-13(9-12)15-10-16(30-24-15)21(29)6-7-25(2)20(21)28/h3-5,8-10,29H,6-7,22H2,1-2H3,(H,26,27). The average molecular weight is 408 g/mol. The van der Waals surface area contributed by atoms with Crippen LogP contribution in [-0.4, -0.2) is 50.7 Å². The molecule has 30 heavy (non-hydrogen) atoms. The Kier molecular flexibility index (Phi) is 4.54. The van der Waals surface area contributed by atoms with Crippen LogP contribution in [0.5, 0.6) is 0 Å². The maximum Gasteiger partial charge on any atom is 0.356 e. The summed E-state index contributed by atoms with van der Waals surface area (Å²) in [7, 11) is 1.62. The highest BCUT2D eigenvalue weighted by Gasteiger charge is 2.48. The largest absolute Gasteiger partial charge is 0.476 e. The number of nitrogens with zero attached hydrogens (tertiary/aromatic N) is 3. The topological polar surface area (TPSA) is 143 Å². The van der Waals surface area contributed by atoms with Gasteiger partial charge >= 0.3 is 5.97 Å². The fourth-order valence-corrected chi connectivity index (χ4v) is 3.52. The molecule has 4 N–H and O–H groups in total. The number of amides is 1. The third-order valence-corrected chi connectivity index (χ3v) is 5.35. The summed E-state index contributed by atoms with van der Waals surface area (Å²) in [6.45, 7) is 2.14. The fraction of sp³-hybridized carbons (Fsp3) is 0.238. The summed E-state index contributed by atoms with van der Waals surface area (Å²) in [5.74, 6) is -1.54. The SMILES string of the molecule is Cc1cc(-c2cccc(-c3cc(C4(O)CCN(C)C4=O)on3)c2)nc(C(=O)O)c1N. The molecule has 0 bridgehead atoms. The van der Waals surface area contributed by atoms with E-state index in [2.05, 4.69) is 10.1 Å². The third kappa shape index (κ3) is 3.09. The Hall–Kier alpha value is -3.72. The summed E-state index contributed by atoms with van der Waals surface area (Å²) < 4.78 is 5.30. The maximum atomic E-state index is 12.3. The Bertz CT molecular complexity index is 1170. The predicted molar refractivity (Wildman–Crippen MR) is 107 cm³/mol. The molecule has 9 nitrogen and oxygen atoms in total. The lowest BCUT2D eigenvalue weighted by atomic mass is 9.97. The van der Waals surface area contributed by atoms with Crippen LogP contribution < -0.4 is 5.73 Å². The highest BCUT2D eigenvalue weighted by molar-refractivity contribution is 5.93. The molecule has 154 valence electrons. The Balaban J connectivity index is 1.72. The monoisotopic (exact) mass is 408 g/mol. The van der Waals surface area contributed by atoms with Crippen LogP contribution in [0.25, 0.3) is 22.5 Å². The molecule has 1 aliphatic rings. The lowest BCUT2D eigenvalue weighted by Crippen LogP contribution is -2.35. The highest BCUT2D eigenvalue weighted by Crippen LogP contribution is 2.35. The molecule has 2 aromatic heterocycles. The second kappa shape index (κ2) is 6.96. The van der Waals surface area contributed by atoms with Gasteiger partial charge in [0.2, 0.25) is 5.60 Å². The van der Waals surface area contributed by atoms with Crippen LogP contribution in [-0.2, 0) is 10.4 Å². The molecule has 4 rings (SSSR count). The van der Waals surface area contributed by atoms with Gasteiger partial charge < -0.3 is 25.4 Å². The number of pyridine rings is 1. The molecule has 9 heteroatoms. The van der Waals surface area contributed by atoms with Gasteiger partial charge in [0.05, 0.1) is 11.4 Å². The van der Waals surface area contributed by atoms with Gasteiger partial charge in [-0.1, -0.05) is 23.4 Å². The van der Waals surface area contributed by atoms with Crippen LogP contribution in [0.2, 0.25) is 0 Å². The number of aromatic nitrogens is 2. The molecule has 1 atom stereocenters. The summed E-state index contributed by atoms with van der Waals surface area (Å²) in [6.07, 6.45) is 0.226. The quantitative estimate of drug-likeness (QED) is 0.595. The lowest BCUT2D eigenvalue weighted by Gasteiger charge is -2.16. The molecular weight excluding hydrogens is 388 g/mol. The number of nitrogen functional groups attached to an aromatic ring is 1. The summed E-state index contributed by atoms with van der Waals surface area (Å²) in [5.41, 5.74) is 6.86. The molecule has 0 saturated carbocycles. The first-order chi connectivity index (χ1) is 14.2. The number of anilines is 1. The maximum absolute atomic E-state index is 12.3. The van der Waals surface area contributed by atoms with E-state index in [4.69, 9.17) is 10.3 Å². The highest BCUT2D eigenvalue weighted by atomic mass is 16.5. The van der Waals surface area contributed by atoms with E-state index in [0.717, 1.165) is 0 Å². The van der Waals surface area contributed by atoms with Crippen molar-refractivity contribution < 1.29 is 24.3 Å². The van der Waals surface area contributed by atoms with Crippen molar-refractivity contribution in [1.29, 1.82) is 0 Å². The van der Waals surface area contributed by atoms with Gasteiger partial charge in [-0.3, -0.25) is 4.79 Å². The van der Waals surface area contributed by atoms with Crippen LogP contribution >= 0.6 is 0 Å². The first-order valence-electron chi connectivity index (χ1n) is 9.27. The Morgan fingerprint density at radius 3 is 2.57 bits per heavy atom. The van der Waals surface area contributed by atoms with E-state index in [1.54, 1.807) is 50.4 Å².